The average molecular weight is 462 g/mol. The molecule has 4 rings (SSSR count). The second kappa shape index (κ2) is 8.83. The molecule has 0 N–H and O–H groups in total. The highest BCUT2D eigenvalue weighted by Crippen LogP contribution is 2.29. The van der Waals surface area contributed by atoms with Crippen LogP contribution in [0, 0.1) is 0 Å². The summed E-state index contributed by atoms with van der Waals surface area (Å²) in [5, 5.41) is 8.75. The van der Waals surface area contributed by atoms with Crippen molar-refractivity contribution in [2.24, 2.45) is 0 Å². The molecule has 4 heterocycles. The topological polar surface area (TPSA) is 111 Å². The SMILES string of the molecule is C[C@H](Sc1nnc(-c2cccnc2)n1Cc1ccco1)C(=O)N(C)[C@@H]1CCS(=O)(=O)C1. The third-order valence-electron chi connectivity index (χ3n) is 5.26. The van der Waals surface area contributed by atoms with Crippen molar-refractivity contribution in [2.75, 3.05) is 18.6 Å². The molecule has 3 aromatic rings. The Hall–Kier alpha value is -2.66. The van der Waals surface area contributed by atoms with Crippen LogP contribution in [0.25, 0.3) is 11.4 Å². The molecular weight excluding hydrogens is 438 g/mol. The van der Waals surface area contributed by atoms with Crippen molar-refractivity contribution >= 4 is 27.5 Å². The maximum absolute atomic E-state index is 13.0. The summed E-state index contributed by atoms with van der Waals surface area (Å²) < 4.78 is 31.0. The number of amides is 1. The van der Waals surface area contributed by atoms with Crippen molar-refractivity contribution in [2.45, 2.75) is 36.3 Å². The number of pyridine rings is 1. The van der Waals surface area contributed by atoms with Gasteiger partial charge in [0.15, 0.2) is 20.8 Å². The fourth-order valence-corrected chi connectivity index (χ4v) is 6.27. The zero-order valence-corrected chi connectivity index (χ0v) is 18.8. The van der Waals surface area contributed by atoms with E-state index in [9.17, 15) is 13.2 Å². The van der Waals surface area contributed by atoms with Gasteiger partial charge < -0.3 is 9.32 Å². The first kappa shape index (κ1) is 21.6. The quantitative estimate of drug-likeness (QED) is 0.492. The molecule has 1 amide bonds. The third kappa shape index (κ3) is 4.82. The lowest BCUT2D eigenvalue weighted by molar-refractivity contribution is -0.130. The summed E-state index contributed by atoms with van der Waals surface area (Å²) in [4.78, 5) is 18.7. The Morgan fingerprint density at radius 3 is 2.84 bits per heavy atom. The van der Waals surface area contributed by atoms with Gasteiger partial charge in [-0.05, 0) is 37.6 Å². The van der Waals surface area contributed by atoms with Crippen LogP contribution < -0.4 is 0 Å². The van der Waals surface area contributed by atoms with Crippen molar-refractivity contribution in [3.63, 3.8) is 0 Å². The van der Waals surface area contributed by atoms with Crippen LogP contribution in [-0.2, 0) is 21.2 Å². The first-order valence-electron chi connectivity index (χ1n) is 9.84. The van der Waals surface area contributed by atoms with Crippen LogP contribution in [0.1, 0.15) is 19.1 Å². The molecule has 31 heavy (non-hydrogen) atoms. The molecular formula is C20H23N5O4S2. The van der Waals surface area contributed by atoms with Crippen LogP contribution in [0.4, 0.5) is 0 Å². The molecule has 1 saturated heterocycles. The van der Waals surface area contributed by atoms with E-state index in [0.29, 0.717) is 23.9 Å². The number of nitrogens with zero attached hydrogens (tertiary/aromatic N) is 5. The van der Waals surface area contributed by atoms with E-state index in [1.165, 1.54) is 11.8 Å². The maximum atomic E-state index is 13.0. The highest BCUT2D eigenvalue weighted by Gasteiger charge is 2.34. The molecule has 11 heteroatoms. The lowest BCUT2D eigenvalue weighted by Crippen LogP contribution is -2.41. The van der Waals surface area contributed by atoms with E-state index in [0.717, 1.165) is 11.3 Å². The molecule has 9 nitrogen and oxygen atoms in total. The fourth-order valence-electron chi connectivity index (χ4n) is 3.54. The fraction of sp³-hybridized carbons (Fsp3) is 0.400. The van der Waals surface area contributed by atoms with Gasteiger partial charge in [-0.2, -0.15) is 0 Å². The Labute approximate surface area is 184 Å². The molecule has 164 valence electrons. The highest BCUT2D eigenvalue weighted by atomic mass is 32.2. The van der Waals surface area contributed by atoms with Crippen LogP contribution in [0.3, 0.4) is 0 Å². The number of aromatic nitrogens is 4. The molecule has 0 spiro atoms. The number of thioether (sulfide) groups is 1. The molecule has 0 aromatic carbocycles. The minimum Gasteiger partial charge on any atom is -0.467 e. The minimum absolute atomic E-state index is 0.0203. The second-order valence-corrected chi connectivity index (χ2v) is 11.0. The number of hydrogen-bond acceptors (Lipinski definition) is 8. The average Bonchev–Trinajstić information content (AvgIpc) is 3.49. The number of sulfone groups is 1. The van der Waals surface area contributed by atoms with Crippen LogP contribution in [0.15, 0.2) is 52.5 Å². The van der Waals surface area contributed by atoms with Gasteiger partial charge in [-0.15, -0.1) is 10.2 Å². The van der Waals surface area contributed by atoms with E-state index in [1.54, 1.807) is 37.5 Å². The number of furan rings is 1. The Morgan fingerprint density at radius 1 is 1.35 bits per heavy atom. The largest absolute Gasteiger partial charge is 0.467 e. The molecule has 0 bridgehead atoms. The lowest BCUT2D eigenvalue weighted by atomic mass is 10.2. The maximum Gasteiger partial charge on any atom is 0.235 e. The molecule has 1 fully saturated rings. The monoisotopic (exact) mass is 461 g/mol. The first-order chi connectivity index (χ1) is 14.8. The summed E-state index contributed by atoms with van der Waals surface area (Å²) in [6, 6.07) is 7.11. The van der Waals surface area contributed by atoms with Gasteiger partial charge in [0, 0.05) is 31.0 Å². The van der Waals surface area contributed by atoms with Crippen LogP contribution >= 0.6 is 11.8 Å². The molecule has 3 aromatic heterocycles. The van der Waals surface area contributed by atoms with E-state index in [2.05, 4.69) is 15.2 Å². The van der Waals surface area contributed by atoms with Gasteiger partial charge in [0.2, 0.25) is 5.91 Å². The summed E-state index contributed by atoms with van der Waals surface area (Å²) in [6.07, 6.45) is 5.47. The van der Waals surface area contributed by atoms with Crippen molar-refractivity contribution in [1.82, 2.24) is 24.6 Å². The summed E-state index contributed by atoms with van der Waals surface area (Å²) >= 11 is 1.29. The van der Waals surface area contributed by atoms with Gasteiger partial charge in [0.25, 0.3) is 0 Å². The van der Waals surface area contributed by atoms with Crippen molar-refractivity contribution < 1.29 is 17.6 Å². The van der Waals surface area contributed by atoms with Gasteiger partial charge in [0.1, 0.15) is 5.76 Å². The second-order valence-electron chi connectivity index (χ2n) is 7.48. The summed E-state index contributed by atoms with van der Waals surface area (Å²) in [6.45, 7) is 2.20. The van der Waals surface area contributed by atoms with E-state index in [-0.39, 0.29) is 23.5 Å². The summed E-state index contributed by atoms with van der Waals surface area (Å²) in [5.74, 6) is 1.37. The smallest absolute Gasteiger partial charge is 0.235 e. The van der Waals surface area contributed by atoms with E-state index < -0.39 is 15.1 Å². The van der Waals surface area contributed by atoms with Gasteiger partial charge in [-0.1, -0.05) is 11.8 Å². The highest BCUT2D eigenvalue weighted by molar-refractivity contribution is 8.00. The molecule has 0 saturated carbocycles. The van der Waals surface area contributed by atoms with Crippen molar-refractivity contribution in [3.05, 3.63) is 48.7 Å². The molecule has 0 unspecified atom stereocenters. The van der Waals surface area contributed by atoms with Crippen LogP contribution in [-0.4, -0.2) is 68.8 Å². The van der Waals surface area contributed by atoms with Gasteiger partial charge in [-0.25, -0.2) is 8.42 Å². The Kier molecular flexibility index (Phi) is 6.15. The van der Waals surface area contributed by atoms with Crippen LogP contribution in [0.2, 0.25) is 0 Å². The Balaban J connectivity index is 1.56. The van der Waals surface area contributed by atoms with E-state index in [1.807, 2.05) is 28.8 Å². The molecule has 0 aliphatic carbocycles. The first-order valence-corrected chi connectivity index (χ1v) is 12.5. The molecule has 0 radical (unpaired) electrons. The number of rotatable bonds is 7. The van der Waals surface area contributed by atoms with Crippen LogP contribution in [0.5, 0.6) is 0 Å². The molecule has 1 aliphatic rings. The standard InChI is InChI=1S/C20H23N5O4S2/c1-14(19(26)24(2)16-7-10-31(27,28)13-16)30-20-23-22-18(15-5-3-8-21-11-15)25(20)12-17-6-4-9-29-17/h3-6,8-9,11,14,16H,7,10,12-13H2,1-2H3/t14-,16+/m0/s1. The predicted octanol–water partition coefficient (Wildman–Crippen LogP) is 2.11. The van der Waals surface area contributed by atoms with E-state index >= 15 is 0 Å². The summed E-state index contributed by atoms with van der Waals surface area (Å²) in [5.41, 5.74) is 0.806. The zero-order chi connectivity index (χ0) is 22.0. The Morgan fingerprint density at radius 2 is 2.19 bits per heavy atom. The molecule has 1 aliphatic heterocycles. The van der Waals surface area contributed by atoms with Crippen molar-refractivity contribution in [1.29, 1.82) is 0 Å². The number of carbonyl (C=O) groups excluding carboxylic acids is 1. The van der Waals surface area contributed by atoms with Crippen molar-refractivity contribution in [3.8, 4) is 11.4 Å². The van der Waals surface area contributed by atoms with Gasteiger partial charge in [-0.3, -0.25) is 14.3 Å². The predicted molar refractivity (Wildman–Crippen MR) is 116 cm³/mol. The Bertz CT molecular complexity index is 1150. The van der Waals surface area contributed by atoms with Gasteiger partial charge >= 0.3 is 0 Å². The number of carbonyl (C=O) groups is 1. The minimum atomic E-state index is -3.07. The normalized spacial score (nSPS) is 18.7. The summed E-state index contributed by atoms with van der Waals surface area (Å²) in [7, 11) is -1.40. The molecule has 2 atom stereocenters. The van der Waals surface area contributed by atoms with Gasteiger partial charge in [0.05, 0.1) is 29.6 Å². The zero-order valence-electron chi connectivity index (χ0n) is 17.2. The number of hydrogen-bond donors (Lipinski definition) is 0. The van der Waals surface area contributed by atoms with E-state index in [4.69, 9.17) is 4.42 Å². The lowest BCUT2D eigenvalue weighted by Gasteiger charge is -2.26. The third-order valence-corrected chi connectivity index (χ3v) is 8.08.